The molecule has 0 spiro atoms. The minimum atomic E-state index is -0.258. The zero-order valence-corrected chi connectivity index (χ0v) is 9.10. The maximum atomic E-state index is 10.1. The summed E-state index contributed by atoms with van der Waals surface area (Å²) in [4.78, 5) is 19.9. The van der Waals surface area contributed by atoms with E-state index in [2.05, 4.69) is 22.1 Å². The molecular formula is C8H16O4S. The van der Waals surface area contributed by atoms with Gasteiger partial charge in [-0.15, -0.1) is 0 Å². The molecule has 0 aromatic rings. The van der Waals surface area contributed by atoms with E-state index in [9.17, 15) is 9.59 Å². The van der Waals surface area contributed by atoms with Gasteiger partial charge in [0, 0.05) is 6.92 Å². The first-order valence-electron chi connectivity index (χ1n) is 3.98. The molecule has 0 radical (unpaired) electrons. The molecule has 0 amide bonds. The van der Waals surface area contributed by atoms with Gasteiger partial charge in [-0.3, -0.25) is 9.59 Å². The molecule has 0 aromatic carbocycles. The summed E-state index contributed by atoms with van der Waals surface area (Å²) in [7, 11) is 0. The average molecular weight is 208 g/mol. The van der Waals surface area contributed by atoms with Gasteiger partial charge >= 0.3 is 11.9 Å². The van der Waals surface area contributed by atoms with Crippen LogP contribution in [0.5, 0.6) is 0 Å². The maximum Gasteiger partial charge on any atom is 0.315 e. The van der Waals surface area contributed by atoms with Crippen molar-refractivity contribution in [2.75, 3.05) is 19.0 Å². The largest absolute Gasteiger partial charge is 0.466 e. The summed E-state index contributed by atoms with van der Waals surface area (Å²) in [5.74, 6) is -0.295. The molecule has 0 aliphatic carbocycles. The number of hydrogen-bond donors (Lipinski definition) is 1. The highest BCUT2D eigenvalue weighted by molar-refractivity contribution is 7.81. The number of thiol groups is 1. The predicted octanol–water partition coefficient (Wildman–Crippen LogP) is 1.05. The number of rotatable bonds is 3. The summed E-state index contributed by atoms with van der Waals surface area (Å²) in [6.45, 7) is 5.86. The van der Waals surface area contributed by atoms with Crippen molar-refractivity contribution in [2.24, 2.45) is 0 Å². The molecule has 4 nitrogen and oxygen atoms in total. The summed E-state index contributed by atoms with van der Waals surface area (Å²) in [5.41, 5.74) is 0. The number of hydrogen-bond acceptors (Lipinski definition) is 5. The Labute approximate surface area is 84.0 Å². The molecule has 13 heavy (non-hydrogen) atoms. The Balaban J connectivity index is 0. The zero-order valence-electron chi connectivity index (χ0n) is 8.20. The molecule has 0 bridgehead atoms. The fourth-order valence-electron chi connectivity index (χ4n) is 0.410. The molecular weight excluding hydrogens is 192 g/mol. The van der Waals surface area contributed by atoms with Crippen LogP contribution < -0.4 is 0 Å². The van der Waals surface area contributed by atoms with Gasteiger partial charge in [-0.05, 0) is 13.8 Å². The fraction of sp³-hybridized carbons (Fsp3) is 0.750. The van der Waals surface area contributed by atoms with E-state index in [4.69, 9.17) is 0 Å². The lowest BCUT2D eigenvalue weighted by molar-refractivity contribution is -0.141. The van der Waals surface area contributed by atoms with Crippen molar-refractivity contribution in [3.63, 3.8) is 0 Å². The summed E-state index contributed by atoms with van der Waals surface area (Å²) in [5, 5.41) is 0. The second-order valence-electron chi connectivity index (χ2n) is 1.89. The van der Waals surface area contributed by atoms with Crippen molar-refractivity contribution in [2.45, 2.75) is 20.8 Å². The molecule has 0 aliphatic heterocycles. The van der Waals surface area contributed by atoms with Crippen molar-refractivity contribution in [3.05, 3.63) is 0 Å². The topological polar surface area (TPSA) is 52.6 Å². The standard InChI is InChI=1S/C4H8O2S.C4H8O2/c1-2-6-4(5)3-7;1-3-6-4(2)5/h7H,2-3H2,1H3;3H2,1-2H3. The van der Waals surface area contributed by atoms with Gasteiger partial charge in [0.05, 0.1) is 19.0 Å². The Morgan fingerprint density at radius 3 is 1.69 bits per heavy atom. The number of carbonyl (C=O) groups excluding carboxylic acids is 2. The molecule has 0 saturated carbocycles. The smallest absolute Gasteiger partial charge is 0.315 e. The van der Waals surface area contributed by atoms with Gasteiger partial charge in [0.15, 0.2) is 0 Å². The molecule has 78 valence electrons. The predicted molar refractivity (Wildman–Crippen MR) is 52.8 cm³/mol. The second kappa shape index (κ2) is 11.3. The zero-order chi connectivity index (χ0) is 10.7. The lowest BCUT2D eigenvalue weighted by Crippen LogP contribution is -2.03. The van der Waals surface area contributed by atoms with Crippen LogP contribution in [-0.4, -0.2) is 30.9 Å². The lowest BCUT2D eigenvalue weighted by Gasteiger charge is -1.93. The van der Waals surface area contributed by atoms with E-state index in [1.165, 1.54) is 6.92 Å². The molecule has 0 fully saturated rings. The third-order valence-corrected chi connectivity index (χ3v) is 1.04. The highest BCUT2D eigenvalue weighted by Gasteiger charge is 1.91. The molecule has 0 unspecified atom stereocenters. The van der Waals surface area contributed by atoms with E-state index in [1.807, 2.05) is 0 Å². The van der Waals surface area contributed by atoms with Gasteiger partial charge in [0.1, 0.15) is 0 Å². The molecule has 0 atom stereocenters. The molecule has 0 N–H and O–H groups in total. The number of carbonyl (C=O) groups is 2. The van der Waals surface area contributed by atoms with Crippen LogP contribution in [0.15, 0.2) is 0 Å². The van der Waals surface area contributed by atoms with Gasteiger partial charge in [0.2, 0.25) is 0 Å². The molecule has 0 saturated heterocycles. The molecule has 0 aromatic heterocycles. The van der Waals surface area contributed by atoms with E-state index in [0.717, 1.165) is 0 Å². The monoisotopic (exact) mass is 208 g/mol. The first-order valence-corrected chi connectivity index (χ1v) is 4.61. The quantitative estimate of drug-likeness (QED) is 0.556. The highest BCUT2D eigenvalue weighted by Crippen LogP contribution is 1.78. The Kier molecular flexibility index (Phi) is 12.8. The van der Waals surface area contributed by atoms with Crippen molar-refractivity contribution >= 4 is 24.6 Å². The van der Waals surface area contributed by atoms with Crippen molar-refractivity contribution < 1.29 is 19.1 Å². The Morgan fingerprint density at radius 1 is 1.15 bits per heavy atom. The van der Waals surface area contributed by atoms with E-state index in [0.29, 0.717) is 13.2 Å². The van der Waals surface area contributed by atoms with Crippen LogP contribution in [0.3, 0.4) is 0 Å². The maximum absolute atomic E-state index is 10.1. The van der Waals surface area contributed by atoms with Crippen LogP contribution in [0.4, 0.5) is 0 Å². The van der Waals surface area contributed by atoms with Gasteiger partial charge in [-0.2, -0.15) is 12.6 Å². The molecule has 0 aliphatic rings. The van der Waals surface area contributed by atoms with E-state index >= 15 is 0 Å². The van der Waals surface area contributed by atoms with Crippen molar-refractivity contribution in [3.8, 4) is 0 Å². The SMILES string of the molecule is CCOC(=O)CS.CCOC(C)=O. The van der Waals surface area contributed by atoms with E-state index in [-0.39, 0.29) is 17.7 Å². The second-order valence-corrected chi connectivity index (χ2v) is 2.20. The minimum absolute atomic E-state index is 0.174. The normalized spacial score (nSPS) is 8.00. The third kappa shape index (κ3) is 18.3. The van der Waals surface area contributed by atoms with Crippen LogP contribution in [0.25, 0.3) is 0 Å². The van der Waals surface area contributed by atoms with Crippen LogP contribution in [0.2, 0.25) is 0 Å². The first kappa shape index (κ1) is 14.8. The molecule has 0 rings (SSSR count). The summed E-state index contributed by atoms with van der Waals surface area (Å²) >= 11 is 3.67. The Hall–Kier alpha value is -0.710. The third-order valence-electron chi connectivity index (χ3n) is 0.782. The van der Waals surface area contributed by atoms with Crippen LogP contribution in [-0.2, 0) is 19.1 Å². The van der Waals surface area contributed by atoms with Gasteiger partial charge in [-0.1, -0.05) is 0 Å². The molecule has 5 heteroatoms. The highest BCUT2D eigenvalue weighted by atomic mass is 32.1. The van der Waals surface area contributed by atoms with Crippen LogP contribution in [0.1, 0.15) is 20.8 Å². The Bertz CT molecular complexity index is 147. The van der Waals surface area contributed by atoms with Crippen LogP contribution >= 0.6 is 12.6 Å². The van der Waals surface area contributed by atoms with Crippen molar-refractivity contribution in [1.29, 1.82) is 0 Å². The lowest BCUT2D eigenvalue weighted by atomic mass is 10.8. The van der Waals surface area contributed by atoms with Gasteiger partial charge in [-0.25, -0.2) is 0 Å². The van der Waals surface area contributed by atoms with Gasteiger partial charge < -0.3 is 9.47 Å². The average Bonchev–Trinajstić information content (AvgIpc) is 2.05. The van der Waals surface area contributed by atoms with Crippen molar-refractivity contribution in [1.82, 2.24) is 0 Å². The summed E-state index contributed by atoms with van der Waals surface area (Å²) in [6.07, 6.45) is 0. The summed E-state index contributed by atoms with van der Waals surface area (Å²) in [6, 6.07) is 0. The van der Waals surface area contributed by atoms with E-state index < -0.39 is 0 Å². The fourth-order valence-corrected chi connectivity index (χ4v) is 0.501. The first-order chi connectivity index (χ1) is 6.08. The summed E-state index contributed by atoms with van der Waals surface area (Å²) < 4.78 is 8.88. The van der Waals surface area contributed by atoms with E-state index in [1.54, 1.807) is 13.8 Å². The minimum Gasteiger partial charge on any atom is -0.466 e. The molecule has 0 heterocycles. The number of ether oxygens (including phenoxy) is 2. The number of esters is 2. The van der Waals surface area contributed by atoms with Crippen LogP contribution in [0, 0.1) is 0 Å². The van der Waals surface area contributed by atoms with Gasteiger partial charge in [0.25, 0.3) is 0 Å². The Morgan fingerprint density at radius 2 is 1.62 bits per heavy atom.